The predicted molar refractivity (Wildman–Crippen MR) is 78.5 cm³/mol. The van der Waals surface area contributed by atoms with Gasteiger partial charge in [0.2, 0.25) is 5.91 Å². The molecule has 0 atom stereocenters. The lowest BCUT2D eigenvalue weighted by Gasteiger charge is -2.21. The van der Waals surface area contributed by atoms with Gasteiger partial charge in [-0.2, -0.15) is 0 Å². The Labute approximate surface area is 124 Å². The Balaban J connectivity index is 1.88. The number of ether oxygens (including phenoxy) is 2. The standard InChI is InChI=1S/C15H22N2O4/c1-11-9-13(20-2)10-14(18)17(11)6-5-16-15(19)12-3-7-21-8-4-12/h9-10,12H,3-8H2,1-2H3,(H,16,19). The van der Waals surface area contributed by atoms with Gasteiger partial charge in [0, 0.05) is 44.0 Å². The molecule has 0 unspecified atom stereocenters. The van der Waals surface area contributed by atoms with Crippen molar-refractivity contribution in [1.82, 2.24) is 9.88 Å². The van der Waals surface area contributed by atoms with E-state index in [1.165, 1.54) is 13.2 Å². The molecular weight excluding hydrogens is 272 g/mol. The summed E-state index contributed by atoms with van der Waals surface area (Å²) in [5, 5.41) is 2.90. The number of carbonyl (C=O) groups excluding carboxylic acids is 1. The Morgan fingerprint density at radius 3 is 2.76 bits per heavy atom. The third-order valence-electron chi connectivity index (χ3n) is 3.77. The number of methoxy groups -OCH3 is 1. The number of aromatic nitrogens is 1. The summed E-state index contributed by atoms with van der Waals surface area (Å²) in [4.78, 5) is 23.9. The molecule has 1 amide bonds. The topological polar surface area (TPSA) is 69.6 Å². The summed E-state index contributed by atoms with van der Waals surface area (Å²) in [7, 11) is 1.53. The van der Waals surface area contributed by atoms with Gasteiger partial charge < -0.3 is 19.4 Å². The van der Waals surface area contributed by atoms with Gasteiger partial charge in [0.05, 0.1) is 7.11 Å². The Hall–Kier alpha value is -1.82. The van der Waals surface area contributed by atoms with Crippen LogP contribution in [0.1, 0.15) is 18.5 Å². The molecule has 1 N–H and O–H groups in total. The number of aryl methyl sites for hydroxylation is 1. The maximum Gasteiger partial charge on any atom is 0.254 e. The van der Waals surface area contributed by atoms with Gasteiger partial charge >= 0.3 is 0 Å². The minimum atomic E-state index is -0.118. The fourth-order valence-electron chi connectivity index (χ4n) is 2.50. The molecule has 0 spiro atoms. The summed E-state index contributed by atoms with van der Waals surface area (Å²) in [5.41, 5.74) is 0.701. The van der Waals surface area contributed by atoms with Crippen LogP contribution in [0.15, 0.2) is 16.9 Å². The first-order valence-electron chi connectivity index (χ1n) is 7.22. The minimum absolute atomic E-state index is 0.0347. The van der Waals surface area contributed by atoms with Crippen molar-refractivity contribution in [2.24, 2.45) is 5.92 Å². The Morgan fingerprint density at radius 1 is 1.43 bits per heavy atom. The number of carbonyl (C=O) groups is 1. The van der Waals surface area contributed by atoms with Gasteiger partial charge in [-0.3, -0.25) is 9.59 Å². The highest BCUT2D eigenvalue weighted by Gasteiger charge is 2.20. The number of amides is 1. The van der Waals surface area contributed by atoms with Gasteiger partial charge in [-0.1, -0.05) is 0 Å². The van der Waals surface area contributed by atoms with Crippen LogP contribution in [0.25, 0.3) is 0 Å². The van der Waals surface area contributed by atoms with Gasteiger partial charge in [0.25, 0.3) is 5.56 Å². The number of rotatable bonds is 5. The second-order valence-electron chi connectivity index (χ2n) is 5.20. The van der Waals surface area contributed by atoms with Crippen molar-refractivity contribution in [2.45, 2.75) is 26.3 Å². The maximum atomic E-state index is 12.0. The van der Waals surface area contributed by atoms with Crippen molar-refractivity contribution in [3.8, 4) is 5.75 Å². The molecule has 1 saturated heterocycles. The average molecular weight is 294 g/mol. The first kappa shape index (κ1) is 15.6. The molecule has 0 bridgehead atoms. The second-order valence-corrected chi connectivity index (χ2v) is 5.20. The zero-order valence-corrected chi connectivity index (χ0v) is 12.6. The first-order chi connectivity index (χ1) is 10.1. The molecule has 0 radical (unpaired) electrons. The lowest BCUT2D eigenvalue weighted by Crippen LogP contribution is -2.37. The number of nitrogens with one attached hydrogen (secondary N) is 1. The number of hydrogen-bond acceptors (Lipinski definition) is 4. The van der Waals surface area contributed by atoms with Crippen LogP contribution in [0, 0.1) is 12.8 Å². The molecule has 1 aromatic rings. The van der Waals surface area contributed by atoms with E-state index in [4.69, 9.17) is 9.47 Å². The van der Waals surface area contributed by atoms with E-state index in [0.717, 1.165) is 18.5 Å². The van der Waals surface area contributed by atoms with E-state index in [9.17, 15) is 9.59 Å². The van der Waals surface area contributed by atoms with Crippen molar-refractivity contribution in [3.05, 3.63) is 28.2 Å². The van der Waals surface area contributed by atoms with E-state index in [2.05, 4.69) is 5.32 Å². The van der Waals surface area contributed by atoms with Crippen LogP contribution in [0.5, 0.6) is 5.75 Å². The molecule has 2 rings (SSSR count). The molecular formula is C15H22N2O4. The normalized spacial score (nSPS) is 15.7. The first-order valence-corrected chi connectivity index (χ1v) is 7.22. The zero-order valence-electron chi connectivity index (χ0n) is 12.6. The molecule has 21 heavy (non-hydrogen) atoms. The summed E-state index contributed by atoms with van der Waals surface area (Å²) in [6.07, 6.45) is 1.54. The Morgan fingerprint density at radius 2 is 2.14 bits per heavy atom. The van der Waals surface area contributed by atoms with Crippen LogP contribution in [-0.2, 0) is 16.1 Å². The largest absolute Gasteiger partial charge is 0.496 e. The van der Waals surface area contributed by atoms with Crippen molar-refractivity contribution in [2.75, 3.05) is 26.9 Å². The number of pyridine rings is 1. The van der Waals surface area contributed by atoms with E-state index in [1.54, 1.807) is 4.57 Å². The molecule has 0 aromatic carbocycles. The van der Waals surface area contributed by atoms with Crippen molar-refractivity contribution in [1.29, 1.82) is 0 Å². The quantitative estimate of drug-likeness (QED) is 0.868. The molecule has 0 aliphatic carbocycles. The fourth-order valence-corrected chi connectivity index (χ4v) is 2.50. The van der Waals surface area contributed by atoms with Crippen LogP contribution in [0.3, 0.4) is 0 Å². The third kappa shape index (κ3) is 4.07. The highest BCUT2D eigenvalue weighted by atomic mass is 16.5. The summed E-state index contributed by atoms with van der Waals surface area (Å²) >= 11 is 0. The van der Waals surface area contributed by atoms with Crippen LogP contribution < -0.4 is 15.6 Å². The Bertz CT molecular complexity index is 547. The summed E-state index contributed by atoms with van der Waals surface area (Å²) < 4.78 is 11.9. The molecule has 116 valence electrons. The molecule has 2 heterocycles. The summed E-state index contributed by atoms with van der Waals surface area (Å²) in [6, 6.07) is 3.26. The fraction of sp³-hybridized carbons (Fsp3) is 0.600. The van der Waals surface area contributed by atoms with Crippen molar-refractivity contribution in [3.63, 3.8) is 0 Å². The molecule has 1 aliphatic heterocycles. The second kappa shape index (κ2) is 7.26. The van der Waals surface area contributed by atoms with E-state index in [0.29, 0.717) is 32.1 Å². The van der Waals surface area contributed by atoms with E-state index >= 15 is 0 Å². The molecule has 6 nitrogen and oxygen atoms in total. The van der Waals surface area contributed by atoms with E-state index < -0.39 is 0 Å². The SMILES string of the molecule is COc1cc(C)n(CCNC(=O)C2CCOCC2)c(=O)c1. The Kier molecular flexibility index (Phi) is 5.38. The molecule has 0 saturated carbocycles. The van der Waals surface area contributed by atoms with Crippen LogP contribution in [-0.4, -0.2) is 37.3 Å². The molecule has 1 aromatic heterocycles. The van der Waals surface area contributed by atoms with E-state index in [1.807, 2.05) is 13.0 Å². The number of hydrogen-bond donors (Lipinski definition) is 1. The van der Waals surface area contributed by atoms with Gasteiger partial charge in [0.15, 0.2) is 0 Å². The van der Waals surface area contributed by atoms with Crippen LogP contribution >= 0.6 is 0 Å². The third-order valence-corrected chi connectivity index (χ3v) is 3.77. The predicted octanol–water partition coefficient (Wildman–Crippen LogP) is 0.708. The highest BCUT2D eigenvalue weighted by Crippen LogP contribution is 2.14. The smallest absolute Gasteiger partial charge is 0.254 e. The monoisotopic (exact) mass is 294 g/mol. The average Bonchev–Trinajstić information content (AvgIpc) is 2.50. The van der Waals surface area contributed by atoms with Crippen molar-refractivity contribution >= 4 is 5.91 Å². The molecule has 1 aliphatic rings. The molecule has 6 heteroatoms. The van der Waals surface area contributed by atoms with Gasteiger partial charge in [-0.15, -0.1) is 0 Å². The van der Waals surface area contributed by atoms with Crippen LogP contribution in [0.2, 0.25) is 0 Å². The van der Waals surface area contributed by atoms with Gasteiger partial charge in [-0.25, -0.2) is 0 Å². The van der Waals surface area contributed by atoms with Crippen molar-refractivity contribution < 1.29 is 14.3 Å². The lowest BCUT2D eigenvalue weighted by molar-refractivity contribution is -0.127. The lowest BCUT2D eigenvalue weighted by atomic mass is 9.99. The van der Waals surface area contributed by atoms with E-state index in [-0.39, 0.29) is 17.4 Å². The van der Waals surface area contributed by atoms with Gasteiger partial charge in [0.1, 0.15) is 5.75 Å². The highest BCUT2D eigenvalue weighted by molar-refractivity contribution is 5.78. The minimum Gasteiger partial charge on any atom is -0.496 e. The zero-order chi connectivity index (χ0) is 15.2. The summed E-state index contributed by atoms with van der Waals surface area (Å²) in [6.45, 7) is 4.06. The maximum absolute atomic E-state index is 12.0. The number of nitrogens with zero attached hydrogens (tertiary/aromatic N) is 1. The summed E-state index contributed by atoms with van der Waals surface area (Å²) in [5.74, 6) is 0.643. The van der Waals surface area contributed by atoms with Gasteiger partial charge in [-0.05, 0) is 25.8 Å². The van der Waals surface area contributed by atoms with Crippen LogP contribution in [0.4, 0.5) is 0 Å². The molecule has 1 fully saturated rings.